The quantitative estimate of drug-likeness (QED) is 0.720. The van der Waals surface area contributed by atoms with Crippen LogP contribution in [-0.4, -0.2) is 53.1 Å². The number of urea groups is 1. The number of methoxy groups -OCH3 is 1. The van der Waals surface area contributed by atoms with E-state index in [1.54, 1.807) is 36.3 Å². The number of nitrogens with one attached hydrogen (secondary N) is 1. The summed E-state index contributed by atoms with van der Waals surface area (Å²) in [5, 5.41) is 12.1. The Morgan fingerprint density at radius 2 is 1.88 bits per heavy atom. The van der Waals surface area contributed by atoms with Gasteiger partial charge in [-0.3, -0.25) is 9.80 Å². The number of anilines is 3. The van der Waals surface area contributed by atoms with Crippen molar-refractivity contribution >= 4 is 23.5 Å². The van der Waals surface area contributed by atoms with Crippen LogP contribution in [0.25, 0.3) is 0 Å². The number of hydrogen-bond donors (Lipinski definition) is 2. The van der Waals surface area contributed by atoms with Gasteiger partial charge in [-0.25, -0.2) is 9.78 Å². The third kappa shape index (κ3) is 4.72. The average Bonchev–Trinajstić information content (AvgIpc) is 2.78. The fourth-order valence-corrected chi connectivity index (χ4v) is 4.05. The van der Waals surface area contributed by atoms with Crippen LogP contribution in [0.2, 0.25) is 0 Å². The Balaban J connectivity index is 1.68. The van der Waals surface area contributed by atoms with Gasteiger partial charge in [-0.15, -0.1) is 0 Å². The van der Waals surface area contributed by atoms with Crippen LogP contribution in [0.5, 0.6) is 5.75 Å². The molecule has 11 heteroatoms. The van der Waals surface area contributed by atoms with Crippen LogP contribution in [0, 0.1) is 0 Å². The highest BCUT2D eigenvalue weighted by atomic mass is 19.4. The van der Waals surface area contributed by atoms with Gasteiger partial charge in [0.05, 0.1) is 19.8 Å². The fourth-order valence-electron chi connectivity index (χ4n) is 4.05. The molecule has 0 radical (unpaired) electrons. The second-order valence-electron chi connectivity index (χ2n) is 7.91. The Bertz CT molecular complexity index is 962. The topological polar surface area (TPSA) is 90.8 Å². The first kappa shape index (κ1) is 22.1. The number of aliphatic hydroxyl groups excluding tert-OH is 1. The zero-order chi connectivity index (χ0) is 22.9. The van der Waals surface area contributed by atoms with Crippen LogP contribution in [-0.2, 0) is 6.54 Å². The van der Waals surface area contributed by atoms with Gasteiger partial charge in [0.25, 0.3) is 0 Å². The summed E-state index contributed by atoms with van der Waals surface area (Å²) in [7, 11) is 1.55. The van der Waals surface area contributed by atoms with Gasteiger partial charge < -0.3 is 15.2 Å². The van der Waals surface area contributed by atoms with Crippen LogP contribution in [0.1, 0.15) is 31.2 Å². The predicted molar refractivity (Wildman–Crippen MR) is 112 cm³/mol. The number of alkyl halides is 3. The van der Waals surface area contributed by atoms with Gasteiger partial charge in [0.15, 0.2) is 0 Å². The second-order valence-corrected chi connectivity index (χ2v) is 7.91. The van der Waals surface area contributed by atoms with Gasteiger partial charge in [0.2, 0.25) is 5.95 Å². The number of halogens is 3. The molecule has 1 aliphatic heterocycles. The van der Waals surface area contributed by atoms with Gasteiger partial charge in [-0.1, -0.05) is 0 Å². The summed E-state index contributed by atoms with van der Waals surface area (Å²) in [5.74, 6) is 0.772. The van der Waals surface area contributed by atoms with Crippen LogP contribution in [0.15, 0.2) is 30.5 Å². The summed E-state index contributed by atoms with van der Waals surface area (Å²) in [6, 6.07) is 6.50. The number of aliphatic hydroxyl groups is 1. The van der Waals surface area contributed by atoms with Crippen LogP contribution >= 0.6 is 0 Å². The lowest BCUT2D eigenvalue weighted by molar-refractivity contribution is -0.115. The molecule has 0 spiro atoms. The number of carbonyl (C=O) groups is 1. The standard InChI is InChI=1S/C21H24F3N5O3/c1-32-17-8-4-14(5-9-17)28-11-13-10-25-19(26-12-21(22,23)24)27-18(13)29(20(28)31)15-2-6-16(30)7-3-15/h4-5,8-10,15-16,30H,2-3,6-7,11-12H2,1H3,(H,25,26,27). The molecule has 172 valence electrons. The van der Waals surface area contributed by atoms with Gasteiger partial charge in [-0.2, -0.15) is 18.2 Å². The van der Waals surface area contributed by atoms with E-state index in [0.717, 1.165) is 0 Å². The number of hydrogen-bond acceptors (Lipinski definition) is 6. The molecule has 8 nitrogen and oxygen atoms in total. The maximum absolute atomic E-state index is 13.5. The lowest BCUT2D eigenvalue weighted by Crippen LogP contribution is -2.53. The first-order valence-corrected chi connectivity index (χ1v) is 10.3. The Hall–Kier alpha value is -3.08. The van der Waals surface area contributed by atoms with Crippen molar-refractivity contribution < 1.29 is 27.8 Å². The maximum atomic E-state index is 13.5. The maximum Gasteiger partial charge on any atom is 0.405 e. The zero-order valence-electron chi connectivity index (χ0n) is 17.5. The first-order valence-electron chi connectivity index (χ1n) is 10.3. The average molecular weight is 451 g/mol. The summed E-state index contributed by atoms with van der Waals surface area (Å²) >= 11 is 0. The van der Waals surface area contributed by atoms with Crippen molar-refractivity contribution in [2.24, 2.45) is 0 Å². The summed E-state index contributed by atoms with van der Waals surface area (Å²) in [5.41, 5.74) is 1.28. The van der Waals surface area contributed by atoms with E-state index >= 15 is 0 Å². The van der Waals surface area contributed by atoms with E-state index in [4.69, 9.17) is 4.74 Å². The second kappa shape index (κ2) is 8.81. The van der Waals surface area contributed by atoms with E-state index in [1.165, 1.54) is 11.1 Å². The van der Waals surface area contributed by atoms with E-state index in [-0.39, 0.29) is 24.6 Å². The van der Waals surface area contributed by atoms with Crippen molar-refractivity contribution in [3.05, 3.63) is 36.0 Å². The molecule has 1 saturated carbocycles. The number of fused-ring (bicyclic) bond motifs is 1. The Morgan fingerprint density at radius 1 is 1.19 bits per heavy atom. The third-order valence-electron chi connectivity index (χ3n) is 5.70. The van der Waals surface area contributed by atoms with E-state index < -0.39 is 18.8 Å². The molecule has 2 aliphatic rings. The first-order chi connectivity index (χ1) is 15.2. The lowest BCUT2D eigenvalue weighted by atomic mass is 9.91. The highest BCUT2D eigenvalue weighted by Gasteiger charge is 2.39. The molecular formula is C21H24F3N5O3. The third-order valence-corrected chi connectivity index (χ3v) is 5.70. The van der Waals surface area contributed by atoms with Crippen LogP contribution in [0.4, 0.5) is 35.4 Å². The molecule has 2 aromatic rings. The zero-order valence-corrected chi connectivity index (χ0v) is 17.5. The number of amides is 2. The summed E-state index contributed by atoms with van der Waals surface area (Å²) in [6.07, 6.45) is -1.17. The number of carbonyl (C=O) groups excluding carboxylic acids is 1. The van der Waals surface area contributed by atoms with Crippen molar-refractivity contribution in [1.82, 2.24) is 9.97 Å². The molecule has 0 bridgehead atoms. The molecule has 2 N–H and O–H groups in total. The molecular weight excluding hydrogens is 427 g/mol. The minimum atomic E-state index is -4.42. The minimum absolute atomic E-state index is 0.186. The van der Waals surface area contributed by atoms with Crippen LogP contribution < -0.4 is 19.9 Å². The highest BCUT2D eigenvalue weighted by Crippen LogP contribution is 2.36. The SMILES string of the molecule is COc1ccc(N2Cc3cnc(NCC(F)(F)F)nc3N(C3CCC(O)CC3)C2=O)cc1. The van der Waals surface area contributed by atoms with Crippen molar-refractivity contribution in [1.29, 1.82) is 0 Å². The lowest BCUT2D eigenvalue weighted by Gasteiger charge is -2.42. The summed E-state index contributed by atoms with van der Waals surface area (Å²) < 4.78 is 43.0. The number of ether oxygens (including phenoxy) is 1. The number of rotatable bonds is 5. The van der Waals surface area contributed by atoms with Crippen LogP contribution in [0.3, 0.4) is 0 Å². The largest absolute Gasteiger partial charge is 0.497 e. The normalized spacial score (nSPS) is 21.3. The van der Waals surface area contributed by atoms with Crippen molar-refractivity contribution in [3.8, 4) is 5.75 Å². The molecule has 0 unspecified atom stereocenters. The molecule has 4 rings (SSSR count). The highest BCUT2D eigenvalue weighted by molar-refractivity contribution is 6.05. The summed E-state index contributed by atoms with van der Waals surface area (Å²) in [4.78, 5) is 25.0. The molecule has 1 fully saturated rings. The minimum Gasteiger partial charge on any atom is -0.497 e. The predicted octanol–water partition coefficient (Wildman–Crippen LogP) is 3.71. The molecule has 0 saturated heterocycles. The van der Waals surface area contributed by atoms with Gasteiger partial charge in [0.1, 0.15) is 18.1 Å². The molecule has 0 atom stereocenters. The molecule has 32 heavy (non-hydrogen) atoms. The molecule has 1 aliphatic carbocycles. The van der Waals surface area contributed by atoms with Crippen molar-refractivity contribution in [3.63, 3.8) is 0 Å². The Morgan fingerprint density at radius 3 is 2.50 bits per heavy atom. The van der Waals surface area contributed by atoms with Gasteiger partial charge in [-0.05, 0) is 49.9 Å². The van der Waals surface area contributed by atoms with Gasteiger partial charge in [0, 0.05) is 23.5 Å². The Labute approximate surface area is 183 Å². The van der Waals surface area contributed by atoms with Gasteiger partial charge >= 0.3 is 12.2 Å². The monoisotopic (exact) mass is 451 g/mol. The number of aromatic nitrogens is 2. The Kier molecular flexibility index (Phi) is 6.09. The number of benzene rings is 1. The molecule has 1 aromatic heterocycles. The summed E-state index contributed by atoms with van der Waals surface area (Å²) in [6.45, 7) is -1.08. The van der Waals surface area contributed by atoms with E-state index in [2.05, 4.69) is 15.3 Å². The van der Waals surface area contributed by atoms with Crippen molar-refractivity contribution in [2.75, 3.05) is 28.8 Å². The number of nitrogens with zero attached hydrogens (tertiary/aromatic N) is 4. The molecule has 2 heterocycles. The van der Waals surface area contributed by atoms with E-state index in [0.29, 0.717) is 48.5 Å². The smallest absolute Gasteiger partial charge is 0.405 e. The van der Waals surface area contributed by atoms with Crippen molar-refractivity contribution in [2.45, 2.75) is 50.6 Å². The molecule has 2 amide bonds. The molecule has 1 aromatic carbocycles. The van der Waals surface area contributed by atoms with E-state index in [9.17, 15) is 23.1 Å². The fraction of sp³-hybridized carbons (Fsp3) is 0.476. The van der Waals surface area contributed by atoms with E-state index in [1.807, 2.05) is 0 Å².